The zero-order chi connectivity index (χ0) is 17.7. The summed E-state index contributed by atoms with van der Waals surface area (Å²) in [6, 6.07) is 0.435. The van der Waals surface area contributed by atoms with Gasteiger partial charge in [0, 0.05) is 30.8 Å². The minimum Gasteiger partial charge on any atom is -0.336 e. The Morgan fingerprint density at radius 3 is 2.75 bits per heavy atom. The van der Waals surface area contributed by atoms with Gasteiger partial charge < -0.3 is 4.90 Å². The number of nitrogens with zero attached hydrogens (tertiary/aromatic N) is 3. The molecule has 0 bridgehead atoms. The van der Waals surface area contributed by atoms with Crippen LogP contribution in [0.2, 0.25) is 5.15 Å². The first-order chi connectivity index (χ1) is 11.4. The lowest BCUT2D eigenvalue weighted by atomic mass is 10.1. The number of aromatic nitrogens is 2. The molecule has 1 heterocycles. The van der Waals surface area contributed by atoms with Crippen LogP contribution in [-0.4, -0.2) is 33.2 Å². The number of amides is 1. The van der Waals surface area contributed by atoms with Crippen molar-refractivity contribution in [2.24, 2.45) is 5.92 Å². The molecule has 1 aromatic heterocycles. The van der Waals surface area contributed by atoms with Gasteiger partial charge in [0.15, 0.2) is 0 Å². The van der Waals surface area contributed by atoms with Crippen LogP contribution in [0.3, 0.4) is 0 Å². The summed E-state index contributed by atoms with van der Waals surface area (Å²) in [4.78, 5) is 14.6. The van der Waals surface area contributed by atoms with Gasteiger partial charge in [-0.05, 0) is 44.6 Å². The summed E-state index contributed by atoms with van der Waals surface area (Å²) in [6.07, 6.45) is 8.96. The van der Waals surface area contributed by atoms with Crippen molar-refractivity contribution >= 4 is 23.6 Å². The van der Waals surface area contributed by atoms with Crippen LogP contribution in [0.4, 0.5) is 0 Å². The third-order valence-electron chi connectivity index (χ3n) is 4.44. The van der Waals surface area contributed by atoms with Crippen molar-refractivity contribution in [3.63, 3.8) is 0 Å². The molecular formula is C19H30ClN3O. The summed E-state index contributed by atoms with van der Waals surface area (Å²) in [5.74, 6) is 0.700. The molecule has 1 aromatic rings. The van der Waals surface area contributed by atoms with E-state index in [4.69, 9.17) is 11.6 Å². The maximum atomic E-state index is 12.6. The van der Waals surface area contributed by atoms with Crippen molar-refractivity contribution < 1.29 is 4.79 Å². The van der Waals surface area contributed by atoms with Crippen LogP contribution in [0.15, 0.2) is 6.08 Å². The number of rotatable bonds is 9. The van der Waals surface area contributed by atoms with Gasteiger partial charge in [-0.2, -0.15) is 5.10 Å². The van der Waals surface area contributed by atoms with Crippen molar-refractivity contribution in [3.8, 4) is 0 Å². The third kappa shape index (κ3) is 5.10. The molecule has 1 aliphatic carbocycles. The van der Waals surface area contributed by atoms with E-state index in [1.165, 1.54) is 0 Å². The molecule has 0 aromatic carbocycles. The third-order valence-corrected chi connectivity index (χ3v) is 4.84. The van der Waals surface area contributed by atoms with Crippen molar-refractivity contribution in [1.29, 1.82) is 0 Å². The van der Waals surface area contributed by atoms with Gasteiger partial charge in [-0.15, -0.1) is 0 Å². The standard InChI is InChI=1S/C19H30ClN3O/c1-5-6-12-23-19(20)17(15(4)21-23)9-10-18(24)22(16-7-8-16)13-11-14(2)3/h9-10,14,16H,5-8,11-13H2,1-4H3/b10-9+. The number of aryl methyl sites for hydroxylation is 2. The molecule has 1 amide bonds. The van der Waals surface area contributed by atoms with E-state index in [9.17, 15) is 4.79 Å². The number of carbonyl (C=O) groups is 1. The quantitative estimate of drug-likeness (QED) is 0.605. The van der Waals surface area contributed by atoms with Crippen molar-refractivity contribution in [3.05, 3.63) is 22.5 Å². The fourth-order valence-corrected chi connectivity index (χ4v) is 3.04. The minimum absolute atomic E-state index is 0.0925. The van der Waals surface area contributed by atoms with Gasteiger partial charge in [0.05, 0.1) is 5.69 Å². The summed E-state index contributed by atoms with van der Waals surface area (Å²) < 4.78 is 1.84. The molecule has 4 nitrogen and oxygen atoms in total. The molecule has 0 saturated heterocycles. The second kappa shape index (κ2) is 8.70. The Kier molecular flexibility index (Phi) is 6.90. The summed E-state index contributed by atoms with van der Waals surface area (Å²) in [6.45, 7) is 10.1. The first-order valence-corrected chi connectivity index (χ1v) is 9.53. The topological polar surface area (TPSA) is 38.1 Å². The Labute approximate surface area is 150 Å². The highest BCUT2D eigenvalue weighted by atomic mass is 35.5. The molecular weight excluding hydrogens is 322 g/mol. The Bertz CT molecular complexity index is 588. The predicted octanol–water partition coefficient (Wildman–Crippen LogP) is 4.70. The first kappa shape index (κ1) is 19.0. The van der Waals surface area contributed by atoms with Crippen LogP contribution in [-0.2, 0) is 11.3 Å². The Morgan fingerprint density at radius 2 is 2.17 bits per heavy atom. The largest absolute Gasteiger partial charge is 0.336 e. The minimum atomic E-state index is 0.0925. The highest BCUT2D eigenvalue weighted by molar-refractivity contribution is 6.31. The van der Waals surface area contributed by atoms with E-state index in [-0.39, 0.29) is 5.91 Å². The molecule has 2 rings (SSSR count). The molecule has 0 spiro atoms. The summed E-state index contributed by atoms with van der Waals surface area (Å²) in [5.41, 5.74) is 1.74. The van der Waals surface area contributed by atoms with E-state index in [0.29, 0.717) is 17.1 Å². The molecule has 1 fully saturated rings. The maximum Gasteiger partial charge on any atom is 0.246 e. The van der Waals surface area contributed by atoms with Crippen LogP contribution < -0.4 is 0 Å². The first-order valence-electron chi connectivity index (χ1n) is 9.15. The normalized spacial score (nSPS) is 14.8. The number of carbonyl (C=O) groups excluding carboxylic acids is 1. The average molecular weight is 352 g/mol. The highest BCUT2D eigenvalue weighted by Crippen LogP contribution is 2.28. The fourth-order valence-electron chi connectivity index (χ4n) is 2.72. The number of halogens is 1. The molecule has 0 atom stereocenters. The summed E-state index contributed by atoms with van der Waals surface area (Å²) in [5, 5.41) is 5.12. The van der Waals surface area contributed by atoms with Crippen LogP contribution in [0.1, 0.15) is 64.1 Å². The van der Waals surface area contributed by atoms with E-state index in [2.05, 4.69) is 25.9 Å². The maximum absolute atomic E-state index is 12.6. The van der Waals surface area contributed by atoms with Gasteiger partial charge in [0.1, 0.15) is 5.15 Å². The SMILES string of the molecule is CCCCn1nc(C)c(/C=C/C(=O)N(CCC(C)C)C2CC2)c1Cl. The molecule has 5 heteroatoms. The van der Waals surface area contributed by atoms with Crippen molar-refractivity contribution in [2.75, 3.05) is 6.54 Å². The average Bonchev–Trinajstić information content (AvgIpc) is 3.31. The van der Waals surface area contributed by atoms with Gasteiger partial charge in [-0.25, -0.2) is 0 Å². The molecule has 24 heavy (non-hydrogen) atoms. The summed E-state index contributed by atoms with van der Waals surface area (Å²) >= 11 is 6.43. The Hall–Kier alpha value is -1.29. The lowest BCUT2D eigenvalue weighted by molar-refractivity contribution is -0.126. The van der Waals surface area contributed by atoms with Gasteiger partial charge in [0.2, 0.25) is 5.91 Å². The van der Waals surface area contributed by atoms with Gasteiger partial charge in [-0.1, -0.05) is 38.8 Å². The van der Waals surface area contributed by atoms with E-state index in [1.807, 2.05) is 22.6 Å². The molecule has 1 aliphatic rings. The molecule has 0 N–H and O–H groups in total. The Balaban J connectivity index is 2.05. The molecule has 1 saturated carbocycles. The van der Waals surface area contributed by atoms with Crippen LogP contribution in [0.5, 0.6) is 0 Å². The predicted molar refractivity (Wildman–Crippen MR) is 100 cm³/mol. The molecule has 134 valence electrons. The second-order valence-electron chi connectivity index (χ2n) is 7.15. The lowest BCUT2D eigenvalue weighted by Gasteiger charge is -2.21. The fraction of sp³-hybridized carbons (Fsp3) is 0.684. The molecule has 0 aliphatic heterocycles. The van der Waals surface area contributed by atoms with Gasteiger partial charge in [-0.3, -0.25) is 9.48 Å². The van der Waals surface area contributed by atoms with E-state index < -0.39 is 0 Å². The van der Waals surface area contributed by atoms with E-state index in [0.717, 1.165) is 56.5 Å². The zero-order valence-electron chi connectivity index (χ0n) is 15.4. The highest BCUT2D eigenvalue weighted by Gasteiger charge is 2.31. The van der Waals surface area contributed by atoms with Crippen molar-refractivity contribution in [1.82, 2.24) is 14.7 Å². The van der Waals surface area contributed by atoms with E-state index >= 15 is 0 Å². The van der Waals surface area contributed by atoms with Gasteiger partial charge in [0.25, 0.3) is 0 Å². The van der Waals surface area contributed by atoms with Gasteiger partial charge >= 0.3 is 0 Å². The van der Waals surface area contributed by atoms with E-state index in [1.54, 1.807) is 6.08 Å². The van der Waals surface area contributed by atoms with Crippen LogP contribution >= 0.6 is 11.6 Å². The number of hydrogen-bond acceptors (Lipinski definition) is 2. The monoisotopic (exact) mass is 351 g/mol. The molecule has 0 radical (unpaired) electrons. The van der Waals surface area contributed by atoms with Crippen LogP contribution in [0.25, 0.3) is 6.08 Å². The number of hydrogen-bond donors (Lipinski definition) is 0. The smallest absolute Gasteiger partial charge is 0.246 e. The Morgan fingerprint density at radius 1 is 1.46 bits per heavy atom. The zero-order valence-corrected chi connectivity index (χ0v) is 16.1. The second-order valence-corrected chi connectivity index (χ2v) is 7.50. The number of unbranched alkanes of at least 4 members (excludes halogenated alkanes) is 1. The lowest BCUT2D eigenvalue weighted by Crippen LogP contribution is -2.33. The summed E-state index contributed by atoms with van der Waals surface area (Å²) in [7, 11) is 0. The molecule has 0 unspecified atom stereocenters. The van der Waals surface area contributed by atoms with Crippen molar-refractivity contribution in [2.45, 2.75) is 72.4 Å². The van der Waals surface area contributed by atoms with Crippen LogP contribution in [0, 0.1) is 12.8 Å².